The van der Waals surface area contributed by atoms with Crippen molar-refractivity contribution in [2.75, 3.05) is 0 Å². The van der Waals surface area contributed by atoms with Crippen LogP contribution >= 0.6 is 11.6 Å². The van der Waals surface area contributed by atoms with Crippen molar-refractivity contribution in [2.45, 2.75) is 6.42 Å². The van der Waals surface area contributed by atoms with E-state index in [0.717, 1.165) is 0 Å². The van der Waals surface area contributed by atoms with E-state index in [0.29, 0.717) is 5.56 Å². The van der Waals surface area contributed by atoms with Crippen LogP contribution in [0.3, 0.4) is 0 Å². The molecule has 4 heteroatoms. The van der Waals surface area contributed by atoms with Crippen LogP contribution in [0.25, 0.3) is 0 Å². The Bertz CT molecular complexity index is 306. The molecular formula is C7H4ClFN2. The lowest BCUT2D eigenvalue weighted by Crippen LogP contribution is -1.89. The van der Waals surface area contributed by atoms with Crippen LogP contribution in [0.2, 0.25) is 5.15 Å². The fourth-order valence-corrected chi connectivity index (χ4v) is 0.869. The molecule has 0 fully saturated rings. The zero-order chi connectivity index (χ0) is 8.27. The molecule has 1 aromatic heterocycles. The molecule has 11 heavy (non-hydrogen) atoms. The number of nitriles is 1. The van der Waals surface area contributed by atoms with Crippen molar-refractivity contribution in [1.29, 1.82) is 5.26 Å². The third-order valence-electron chi connectivity index (χ3n) is 1.16. The lowest BCUT2D eigenvalue weighted by atomic mass is 10.2. The van der Waals surface area contributed by atoms with Gasteiger partial charge in [-0.2, -0.15) is 9.65 Å². The van der Waals surface area contributed by atoms with Crippen molar-refractivity contribution < 1.29 is 4.39 Å². The standard InChI is InChI=1S/C7H4ClFN2/c8-7-5(3-4-10)1-2-6(9)11-7/h1-2H,3H2. The van der Waals surface area contributed by atoms with Gasteiger partial charge in [0.2, 0.25) is 5.95 Å². The molecule has 0 bridgehead atoms. The molecule has 0 radical (unpaired) electrons. The minimum atomic E-state index is -0.628. The number of hydrogen-bond acceptors (Lipinski definition) is 2. The second kappa shape index (κ2) is 3.31. The molecule has 1 heterocycles. The van der Waals surface area contributed by atoms with E-state index in [1.54, 1.807) is 0 Å². The molecule has 0 spiro atoms. The van der Waals surface area contributed by atoms with Crippen LogP contribution in [-0.4, -0.2) is 4.98 Å². The van der Waals surface area contributed by atoms with Gasteiger partial charge in [0.15, 0.2) is 0 Å². The maximum atomic E-state index is 12.3. The summed E-state index contributed by atoms with van der Waals surface area (Å²) in [6.07, 6.45) is 0.159. The van der Waals surface area contributed by atoms with Crippen LogP contribution in [0.5, 0.6) is 0 Å². The largest absolute Gasteiger partial charge is 0.214 e. The summed E-state index contributed by atoms with van der Waals surface area (Å²) in [5, 5.41) is 8.34. The average molecular weight is 171 g/mol. The third-order valence-corrected chi connectivity index (χ3v) is 1.49. The monoisotopic (exact) mass is 170 g/mol. The van der Waals surface area contributed by atoms with Gasteiger partial charge in [-0.05, 0) is 6.07 Å². The van der Waals surface area contributed by atoms with E-state index in [1.807, 2.05) is 6.07 Å². The number of rotatable bonds is 1. The van der Waals surface area contributed by atoms with Crippen LogP contribution in [-0.2, 0) is 6.42 Å². The summed E-state index contributed by atoms with van der Waals surface area (Å²) in [4.78, 5) is 3.34. The van der Waals surface area contributed by atoms with E-state index in [4.69, 9.17) is 16.9 Å². The van der Waals surface area contributed by atoms with Crippen LogP contribution < -0.4 is 0 Å². The molecule has 0 saturated carbocycles. The molecule has 2 nitrogen and oxygen atoms in total. The van der Waals surface area contributed by atoms with Crippen molar-refractivity contribution in [3.63, 3.8) is 0 Å². The zero-order valence-electron chi connectivity index (χ0n) is 5.51. The Morgan fingerprint density at radius 1 is 1.64 bits per heavy atom. The molecule has 0 saturated heterocycles. The Balaban J connectivity index is 3.01. The molecular weight excluding hydrogens is 167 g/mol. The van der Waals surface area contributed by atoms with E-state index in [9.17, 15) is 4.39 Å². The van der Waals surface area contributed by atoms with Crippen molar-refractivity contribution in [1.82, 2.24) is 4.98 Å². The number of halogens is 2. The van der Waals surface area contributed by atoms with Gasteiger partial charge in [-0.25, -0.2) is 4.98 Å². The van der Waals surface area contributed by atoms with Gasteiger partial charge < -0.3 is 0 Å². The summed E-state index contributed by atoms with van der Waals surface area (Å²) in [5.41, 5.74) is 0.551. The van der Waals surface area contributed by atoms with Gasteiger partial charge in [-0.3, -0.25) is 0 Å². The van der Waals surface area contributed by atoms with Crippen LogP contribution in [0, 0.1) is 17.3 Å². The SMILES string of the molecule is N#CCc1ccc(F)nc1Cl. The number of nitrogens with zero attached hydrogens (tertiary/aromatic N) is 2. The molecule has 0 aliphatic rings. The van der Waals surface area contributed by atoms with Gasteiger partial charge in [0.05, 0.1) is 12.5 Å². The third kappa shape index (κ3) is 1.89. The minimum absolute atomic E-state index is 0.0616. The maximum absolute atomic E-state index is 12.3. The van der Waals surface area contributed by atoms with Crippen molar-refractivity contribution in [2.24, 2.45) is 0 Å². The average Bonchev–Trinajstić information content (AvgIpc) is 1.95. The lowest BCUT2D eigenvalue weighted by molar-refractivity contribution is 0.583. The Labute approximate surface area is 68.2 Å². The summed E-state index contributed by atoms with van der Waals surface area (Å²) in [6.45, 7) is 0. The second-order valence-corrected chi connectivity index (χ2v) is 2.28. The first-order valence-electron chi connectivity index (χ1n) is 2.92. The van der Waals surface area contributed by atoms with E-state index >= 15 is 0 Å². The molecule has 0 unspecified atom stereocenters. The topological polar surface area (TPSA) is 36.7 Å². The Hall–Kier alpha value is -1.14. The van der Waals surface area contributed by atoms with Crippen LogP contribution in [0.15, 0.2) is 12.1 Å². The molecule has 0 amide bonds. The summed E-state index contributed by atoms with van der Waals surface area (Å²) in [7, 11) is 0. The Morgan fingerprint density at radius 2 is 2.36 bits per heavy atom. The molecule has 0 aromatic carbocycles. The van der Waals surface area contributed by atoms with Crippen molar-refractivity contribution in [3.05, 3.63) is 28.8 Å². The fraction of sp³-hybridized carbons (Fsp3) is 0.143. The lowest BCUT2D eigenvalue weighted by Gasteiger charge is -1.95. The fourth-order valence-electron chi connectivity index (χ4n) is 0.658. The zero-order valence-corrected chi connectivity index (χ0v) is 6.27. The molecule has 56 valence electrons. The van der Waals surface area contributed by atoms with Gasteiger partial charge in [0.25, 0.3) is 0 Å². The highest BCUT2D eigenvalue weighted by atomic mass is 35.5. The quantitative estimate of drug-likeness (QED) is 0.604. The highest BCUT2D eigenvalue weighted by Gasteiger charge is 2.01. The number of pyridine rings is 1. The van der Waals surface area contributed by atoms with Gasteiger partial charge in [0.1, 0.15) is 5.15 Å². The molecule has 0 aliphatic heterocycles. The van der Waals surface area contributed by atoms with E-state index in [-0.39, 0.29) is 11.6 Å². The molecule has 0 atom stereocenters. The van der Waals surface area contributed by atoms with Gasteiger partial charge >= 0.3 is 0 Å². The summed E-state index contributed by atoms with van der Waals surface area (Å²) in [6, 6.07) is 4.53. The van der Waals surface area contributed by atoms with Gasteiger partial charge in [-0.15, -0.1) is 0 Å². The molecule has 1 aromatic rings. The first-order chi connectivity index (χ1) is 5.24. The predicted molar refractivity (Wildman–Crippen MR) is 38.5 cm³/mol. The molecule has 0 aliphatic carbocycles. The van der Waals surface area contributed by atoms with Gasteiger partial charge in [-0.1, -0.05) is 17.7 Å². The van der Waals surface area contributed by atoms with E-state index < -0.39 is 5.95 Å². The predicted octanol–water partition coefficient (Wildman–Crippen LogP) is 1.94. The minimum Gasteiger partial charge on any atom is -0.207 e. The van der Waals surface area contributed by atoms with Crippen LogP contribution in [0.4, 0.5) is 4.39 Å². The second-order valence-electron chi connectivity index (χ2n) is 1.92. The Morgan fingerprint density at radius 3 is 2.91 bits per heavy atom. The van der Waals surface area contributed by atoms with E-state index in [2.05, 4.69) is 4.98 Å². The summed E-state index contributed by atoms with van der Waals surface area (Å²) < 4.78 is 12.3. The maximum Gasteiger partial charge on any atom is 0.214 e. The molecule has 1 rings (SSSR count). The van der Waals surface area contributed by atoms with E-state index in [1.165, 1.54) is 12.1 Å². The normalized spacial score (nSPS) is 9.18. The number of hydrogen-bond donors (Lipinski definition) is 0. The summed E-state index contributed by atoms with van der Waals surface area (Å²) in [5.74, 6) is -0.628. The van der Waals surface area contributed by atoms with Crippen molar-refractivity contribution >= 4 is 11.6 Å². The van der Waals surface area contributed by atoms with Crippen LogP contribution in [0.1, 0.15) is 5.56 Å². The Kier molecular flexibility index (Phi) is 2.40. The highest BCUT2D eigenvalue weighted by Crippen LogP contribution is 2.12. The van der Waals surface area contributed by atoms with Gasteiger partial charge in [0, 0.05) is 5.56 Å². The van der Waals surface area contributed by atoms with Crippen molar-refractivity contribution in [3.8, 4) is 6.07 Å². The summed E-state index contributed by atoms with van der Waals surface area (Å²) >= 11 is 5.51. The highest BCUT2D eigenvalue weighted by molar-refractivity contribution is 6.30. The first-order valence-corrected chi connectivity index (χ1v) is 3.29. The number of aromatic nitrogens is 1. The molecule has 0 N–H and O–H groups in total. The first kappa shape index (κ1) is 7.96. The smallest absolute Gasteiger partial charge is 0.207 e.